The molecule has 1 saturated heterocycles. The topological polar surface area (TPSA) is 29.3 Å². The van der Waals surface area contributed by atoms with Crippen LogP contribution in [0.2, 0.25) is 0 Å². The molecule has 0 saturated carbocycles. The molecule has 1 atom stereocenters. The van der Waals surface area contributed by atoms with Crippen molar-refractivity contribution in [2.75, 3.05) is 13.1 Å². The summed E-state index contributed by atoms with van der Waals surface area (Å²) in [6.45, 7) is 5.55. The predicted octanol–water partition coefficient (Wildman–Crippen LogP) is 4.87. The Morgan fingerprint density at radius 2 is 2.12 bits per heavy atom. The molecule has 0 unspecified atom stereocenters. The van der Waals surface area contributed by atoms with Gasteiger partial charge >= 0.3 is 0 Å². The van der Waals surface area contributed by atoms with Crippen LogP contribution in [-0.2, 0) is 6.54 Å². The Labute approximate surface area is 141 Å². The van der Waals surface area contributed by atoms with Crippen molar-refractivity contribution in [2.45, 2.75) is 26.3 Å². The molecule has 1 fully saturated rings. The Hall–Kier alpha value is -2.20. The maximum absolute atomic E-state index is 13.9. The van der Waals surface area contributed by atoms with E-state index >= 15 is 0 Å². The minimum atomic E-state index is -0.313. The summed E-state index contributed by atoms with van der Waals surface area (Å²) in [6, 6.07) is 12.6. The quantitative estimate of drug-likeness (QED) is 0.688. The van der Waals surface area contributed by atoms with Crippen molar-refractivity contribution in [1.82, 2.24) is 9.88 Å². The minimum Gasteiger partial charge on any atom is -0.436 e. The first-order valence-electron chi connectivity index (χ1n) is 8.56. The molecule has 1 aliphatic heterocycles. The average molecular weight is 324 g/mol. The van der Waals surface area contributed by atoms with Crippen molar-refractivity contribution in [1.29, 1.82) is 0 Å². The van der Waals surface area contributed by atoms with Crippen molar-refractivity contribution in [3.05, 3.63) is 53.8 Å². The number of likely N-dealkylation sites (tertiary alicyclic amines) is 1. The molecule has 3 nitrogen and oxygen atoms in total. The van der Waals surface area contributed by atoms with Crippen LogP contribution >= 0.6 is 0 Å². The lowest BCUT2D eigenvalue weighted by Crippen LogP contribution is -2.33. The van der Waals surface area contributed by atoms with Crippen molar-refractivity contribution >= 4 is 11.1 Å². The largest absolute Gasteiger partial charge is 0.436 e. The molecule has 4 heteroatoms. The summed E-state index contributed by atoms with van der Waals surface area (Å²) in [5, 5.41) is 0. The third-order valence-corrected chi connectivity index (χ3v) is 4.70. The van der Waals surface area contributed by atoms with Gasteiger partial charge in [0.25, 0.3) is 0 Å². The lowest BCUT2D eigenvalue weighted by atomic mass is 10.00. The number of piperidine rings is 1. The monoisotopic (exact) mass is 324 g/mol. The summed E-state index contributed by atoms with van der Waals surface area (Å²) in [5.74, 6) is 0.792. The van der Waals surface area contributed by atoms with Crippen LogP contribution in [0.5, 0.6) is 0 Å². The first kappa shape index (κ1) is 15.3. The van der Waals surface area contributed by atoms with Gasteiger partial charge in [-0.15, -0.1) is 0 Å². The molecule has 3 aromatic rings. The summed E-state index contributed by atoms with van der Waals surface area (Å²) >= 11 is 0. The standard InChI is InChI=1S/C20H21FN2O/c1-14-5-4-10-23(12-14)13-15-8-9-19-18(11-15)22-20(24-19)16-6-2-3-7-17(16)21/h2-3,6-9,11,14H,4-5,10,12-13H2,1H3/t14-/m0/s1. The Kier molecular flexibility index (Phi) is 4.07. The molecule has 4 rings (SSSR count). The van der Waals surface area contributed by atoms with Gasteiger partial charge in [0.2, 0.25) is 5.89 Å². The van der Waals surface area contributed by atoms with Crippen LogP contribution in [0.4, 0.5) is 4.39 Å². The molecule has 2 aromatic carbocycles. The van der Waals surface area contributed by atoms with Gasteiger partial charge in [-0.05, 0) is 55.1 Å². The average Bonchev–Trinajstić information content (AvgIpc) is 2.98. The van der Waals surface area contributed by atoms with Gasteiger partial charge in [-0.3, -0.25) is 4.90 Å². The van der Waals surface area contributed by atoms with E-state index in [2.05, 4.69) is 28.9 Å². The number of nitrogens with zero attached hydrogens (tertiary/aromatic N) is 2. The fourth-order valence-corrected chi connectivity index (χ4v) is 3.51. The van der Waals surface area contributed by atoms with E-state index in [9.17, 15) is 4.39 Å². The highest BCUT2D eigenvalue weighted by Crippen LogP contribution is 2.27. The van der Waals surface area contributed by atoms with Gasteiger partial charge in [-0.2, -0.15) is 0 Å². The number of hydrogen-bond donors (Lipinski definition) is 0. The van der Waals surface area contributed by atoms with E-state index in [0.29, 0.717) is 17.0 Å². The molecular weight excluding hydrogens is 303 g/mol. The molecule has 2 heterocycles. The number of rotatable bonds is 3. The van der Waals surface area contributed by atoms with Crippen molar-refractivity contribution < 1.29 is 8.81 Å². The molecule has 0 aliphatic carbocycles. The summed E-state index contributed by atoms with van der Waals surface area (Å²) in [4.78, 5) is 6.98. The molecule has 0 spiro atoms. The lowest BCUT2D eigenvalue weighted by molar-refractivity contribution is 0.176. The smallest absolute Gasteiger partial charge is 0.230 e. The molecular formula is C20H21FN2O. The van der Waals surface area contributed by atoms with Gasteiger partial charge in [0.1, 0.15) is 11.3 Å². The summed E-state index contributed by atoms with van der Waals surface area (Å²) in [6.07, 6.45) is 2.59. The predicted molar refractivity (Wildman–Crippen MR) is 93.1 cm³/mol. The zero-order valence-electron chi connectivity index (χ0n) is 13.8. The first-order chi connectivity index (χ1) is 11.7. The van der Waals surface area contributed by atoms with Crippen LogP contribution in [-0.4, -0.2) is 23.0 Å². The third-order valence-electron chi connectivity index (χ3n) is 4.70. The number of oxazole rings is 1. The van der Waals surface area contributed by atoms with Crippen molar-refractivity contribution in [3.63, 3.8) is 0 Å². The van der Waals surface area contributed by atoms with E-state index in [1.807, 2.05) is 6.07 Å². The molecule has 0 N–H and O–H groups in total. The van der Waals surface area contributed by atoms with E-state index in [-0.39, 0.29) is 5.82 Å². The lowest BCUT2D eigenvalue weighted by Gasteiger charge is -2.30. The van der Waals surface area contributed by atoms with Crippen LogP contribution in [0, 0.1) is 11.7 Å². The number of halogens is 1. The fraction of sp³-hybridized carbons (Fsp3) is 0.350. The Bertz CT molecular complexity index is 858. The van der Waals surface area contributed by atoms with Crippen molar-refractivity contribution in [3.8, 4) is 11.5 Å². The second-order valence-corrected chi connectivity index (χ2v) is 6.78. The van der Waals surface area contributed by atoms with Gasteiger partial charge in [0.05, 0.1) is 5.56 Å². The highest BCUT2D eigenvalue weighted by atomic mass is 19.1. The van der Waals surface area contributed by atoms with E-state index in [1.54, 1.807) is 18.2 Å². The van der Waals surface area contributed by atoms with Crippen molar-refractivity contribution in [2.24, 2.45) is 5.92 Å². The molecule has 0 bridgehead atoms. The first-order valence-corrected chi connectivity index (χ1v) is 8.56. The van der Waals surface area contributed by atoms with E-state index < -0.39 is 0 Å². The van der Waals surface area contributed by atoms with Crippen LogP contribution in [0.3, 0.4) is 0 Å². The zero-order valence-corrected chi connectivity index (χ0v) is 13.8. The van der Waals surface area contributed by atoms with Gasteiger partial charge in [-0.1, -0.05) is 25.1 Å². The zero-order chi connectivity index (χ0) is 16.5. The number of aromatic nitrogens is 1. The summed E-state index contributed by atoms with van der Waals surface area (Å²) < 4.78 is 19.7. The van der Waals surface area contributed by atoms with Gasteiger partial charge in [-0.25, -0.2) is 9.37 Å². The van der Waals surface area contributed by atoms with Gasteiger partial charge in [0.15, 0.2) is 5.58 Å². The molecule has 0 amide bonds. The third kappa shape index (κ3) is 3.06. The normalized spacial score (nSPS) is 19.0. The van der Waals surface area contributed by atoms with E-state index in [4.69, 9.17) is 4.42 Å². The highest BCUT2D eigenvalue weighted by Gasteiger charge is 2.17. The van der Waals surface area contributed by atoms with Gasteiger partial charge < -0.3 is 4.42 Å². The maximum Gasteiger partial charge on any atom is 0.230 e. The molecule has 1 aliphatic rings. The number of hydrogen-bond acceptors (Lipinski definition) is 3. The minimum absolute atomic E-state index is 0.313. The van der Waals surface area contributed by atoms with Gasteiger partial charge in [0, 0.05) is 13.1 Å². The summed E-state index contributed by atoms with van der Waals surface area (Å²) in [7, 11) is 0. The van der Waals surface area contributed by atoms with Crippen LogP contribution in [0.15, 0.2) is 46.9 Å². The fourth-order valence-electron chi connectivity index (χ4n) is 3.51. The Balaban J connectivity index is 1.60. The van der Waals surface area contributed by atoms with Crippen LogP contribution < -0.4 is 0 Å². The SMILES string of the molecule is C[C@H]1CCCN(Cc2ccc3oc(-c4ccccc4F)nc3c2)C1. The maximum atomic E-state index is 13.9. The van der Waals surface area contributed by atoms with Crippen LogP contribution in [0.25, 0.3) is 22.6 Å². The summed E-state index contributed by atoms with van der Waals surface area (Å²) in [5.41, 5.74) is 3.12. The molecule has 0 radical (unpaired) electrons. The number of benzene rings is 2. The van der Waals surface area contributed by atoms with E-state index in [0.717, 1.165) is 31.1 Å². The van der Waals surface area contributed by atoms with Crippen LogP contribution in [0.1, 0.15) is 25.3 Å². The highest BCUT2D eigenvalue weighted by molar-refractivity contribution is 5.77. The molecule has 24 heavy (non-hydrogen) atoms. The molecule has 124 valence electrons. The number of fused-ring (bicyclic) bond motifs is 1. The molecule has 1 aromatic heterocycles. The second-order valence-electron chi connectivity index (χ2n) is 6.78. The Morgan fingerprint density at radius 3 is 2.96 bits per heavy atom. The Morgan fingerprint density at radius 1 is 1.25 bits per heavy atom. The van der Waals surface area contributed by atoms with E-state index in [1.165, 1.54) is 24.5 Å². The second kappa shape index (κ2) is 6.36.